The maximum Gasteiger partial charge on any atom is 0.274 e. The molecule has 0 aliphatic heterocycles. The Labute approximate surface area is 708 Å². The lowest BCUT2D eigenvalue weighted by atomic mass is 10.0. The number of carbonyl (C=O) groups excluding carboxylic acids is 8. The first kappa shape index (κ1) is 88.8. The number of anilines is 4. The smallest absolute Gasteiger partial charge is 0.274 e. The minimum Gasteiger partial charge on any atom is -0.355 e. The molecule has 6 heterocycles. The summed E-state index contributed by atoms with van der Waals surface area (Å²) in [6.07, 6.45) is 6.74. The van der Waals surface area contributed by atoms with Crippen LogP contribution in [0.1, 0.15) is 150 Å². The average Bonchev–Trinajstić information content (AvgIpc) is 1.69. The number of carbonyl (C=O) groups is 8. The number of nitrogens with one attached hydrogen (secondary N) is 8. The van der Waals surface area contributed by atoms with Crippen LogP contribution in [0.2, 0.25) is 30.1 Å². The zero-order valence-electron chi connectivity index (χ0n) is 63.4. The molecular weight excluding hydrogens is 1770 g/mol. The maximum atomic E-state index is 13.2. The van der Waals surface area contributed by atoms with E-state index in [-0.39, 0.29) is 84.7 Å². The van der Waals surface area contributed by atoms with Crippen molar-refractivity contribution >= 4 is 190 Å². The van der Waals surface area contributed by atoms with Crippen LogP contribution in [0.15, 0.2) is 151 Å². The van der Waals surface area contributed by atoms with Gasteiger partial charge in [0.25, 0.3) is 47.3 Å². The fourth-order valence-corrected chi connectivity index (χ4v) is 14.5. The van der Waals surface area contributed by atoms with Crippen molar-refractivity contribution < 1.29 is 38.4 Å². The van der Waals surface area contributed by atoms with Gasteiger partial charge in [0.15, 0.2) is 17.5 Å². The van der Waals surface area contributed by atoms with Gasteiger partial charge in [-0.05, 0) is 240 Å². The highest BCUT2D eigenvalue weighted by molar-refractivity contribution is 14.1. The number of benzene rings is 5. The van der Waals surface area contributed by atoms with Gasteiger partial charge in [0.1, 0.15) is 21.7 Å². The standard InChI is InChI=1S/C21H21Cl2N5O2.C21H25IN2O2S.C19H17Cl2N5O2.C18H14BrCl2N5O2/c1-11(2)25-20(29)15-10-14(22)8-12(3)18(15)26-21(30)17-9-13(4)27-28(17)19-16(23)6-5-7-24-19;1-13-9-10-17(14(2)11-13)23-19(25)15-7-6-8-16(22)18(15)20(26)24-21(3,4)12-27-5;1-10-7-12(20)9-13(18(27)22-3)16(10)24-19(28)15-8-11(2)25-26(15)17-14(21)5-4-6-23-17;1-9-4-3-5-23-16(9)26-13(8-14(19)25-26)18(28)24-15-11(17(27)22-2)6-10(20)7-12(15)21/h5-11H,1-4H3,(H,25,29)(H,26,30);6-11H,12H2,1-5H3,(H,23,25)(H,24,26);4-9H,1-3H3,(H,22,27)(H,24,28);3-8H,1-2H3,(H,22,27)(H,24,28). The molecule has 0 radical (unpaired) electrons. The molecule has 8 amide bonds. The monoisotopic (exact) mass is 1840 g/mol. The quantitative estimate of drug-likeness (QED) is 0.0349. The zero-order chi connectivity index (χ0) is 83.0. The number of aromatic nitrogens is 9. The molecule has 0 unspecified atom stereocenters. The van der Waals surface area contributed by atoms with Gasteiger partial charge >= 0.3 is 0 Å². The van der Waals surface area contributed by atoms with E-state index in [4.69, 9.17) is 69.6 Å². The van der Waals surface area contributed by atoms with E-state index < -0.39 is 23.6 Å². The van der Waals surface area contributed by atoms with Gasteiger partial charge in [0, 0.05) is 80.4 Å². The second-order valence-electron chi connectivity index (χ2n) is 26.1. The van der Waals surface area contributed by atoms with Crippen molar-refractivity contribution in [2.24, 2.45) is 0 Å². The van der Waals surface area contributed by atoms with Gasteiger partial charge in [-0.15, -0.1) is 0 Å². The Kier molecular flexibility index (Phi) is 31.3. The molecule has 0 atom stereocenters. The number of hydrogen-bond donors (Lipinski definition) is 8. The molecule has 0 aliphatic rings. The lowest BCUT2D eigenvalue weighted by molar-refractivity contribution is 0.0907. The Morgan fingerprint density at radius 3 is 1.41 bits per heavy atom. The third kappa shape index (κ3) is 23.0. The van der Waals surface area contributed by atoms with Crippen LogP contribution < -0.4 is 42.5 Å². The van der Waals surface area contributed by atoms with Gasteiger partial charge in [-0.25, -0.2) is 29.0 Å². The van der Waals surface area contributed by atoms with Crippen molar-refractivity contribution in [2.75, 3.05) is 47.4 Å². The SMILES string of the molecule is CNC(=O)c1cc(Cl)cc(C)c1NC(=O)c1cc(C)nn1-c1ncccc1Cl.CNC(=O)c1cc(Cl)cc(Cl)c1NC(=O)c1cc(Br)nn1-c1ncccc1C.CSCC(C)(C)NC(=O)c1c(I)cccc1C(=O)Nc1ccc(C)cc1C.Cc1cc(C(=O)Nc2c(C)cc(Cl)cc2C(=O)NC(C)C)n(-c2ncccc2Cl)n1. The number of nitrogens with zero attached hydrogens (tertiary/aromatic N) is 9. The topological polar surface area (TPSA) is 325 Å². The van der Waals surface area contributed by atoms with Gasteiger partial charge in [-0.2, -0.15) is 27.1 Å². The van der Waals surface area contributed by atoms with Crippen molar-refractivity contribution in [1.29, 1.82) is 0 Å². The molecule has 5 aromatic carbocycles. The lowest BCUT2D eigenvalue weighted by Gasteiger charge is -2.26. The van der Waals surface area contributed by atoms with E-state index in [0.29, 0.717) is 87.2 Å². The van der Waals surface area contributed by atoms with E-state index in [0.717, 1.165) is 31.7 Å². The molecule has 11 rings (SSSR count). The number of pyridine rings is 3. The molecule has 34 heteroatoms. The van der Waals surface area contributed by atoms with Crippen LogP contribution in [-0.2, 0) is 0 Å². The van der Waals surface area contributed by atoms with E-state index in [1.807, 2.05) is 85.1 Å². The lowest BCUT2D eigenvalue weighted by Crippen LogP contribution is -2.46. The minimum absolute atomic E-state index is 0.0734. The Balaban J connectivity index is 0.000000189. The summed E-state index contributed by atoms with van der Waals surface area (Å²) in [7, 11) is 2.98. The maximum absolute atomic E-state index is 13.2. The van der Waals surface area contributed by atoms with Crippen LogP contribution in [0, 0.1) is 52.0 Å². The summed E-state index contributed by atoms with van der Waals surface area (Å²) < 4.78 is 5.37. The normalized spacial score (nSPS) is 10.8. The average molecular weight is 1840 g/mol. The summed E-state index contributed by atoms with van der Waals surface area (Å²) in [4.78, 5) is 115. The highest BCUT2D eigenvalue weighted by Gasteiger charge is 2.29. The summed E-state index contributed by atoms with van der Waals surface area (Å²) in [5, 5.41) is 37.0. The van der Waals surface area contributed by atoms with Gasteiger partial charge in [0.2, 0.25) is 0 Å². The number of hydrogen-bond acceptors (Lipinski definition) is 15. The predicted octanol–water partition coefficient (Wildman–Crippen LogP) is 17.7. The van der Waals surface area contributed by atoms with Crippen molar-refractivity contribution in [3.63, 3.8) is 0 Å². The third-order valence-electron chi connectivity index (χ3n) is 16.2. The Hall–Kier alpha value is -9.76. The molecule has 588 valence electrons. The summed E-state index contributed by atoms with van der Waals surface area (Å²) in [6, 6.07) is 35.5. The highest BCUT2D eigenvalue weighted by atomic mass is 127. The largest absolute Gasteiger partial charge is 0.355 e. The third-order valence-corrected chi connectivity index (χ3v) is 20.0. The summed E-state index contributed by atoms with van der Waals surface area (Å²) >= 11 is 44.0. The van der Waals surface area contributed by atoms with Crippen molar-refractivity contribution in [3.8, 4) is 17.5 Å². The highest BCUT2D eigenvalue weighted by Crippen LogP contribution is 2.34. The minimum atomic E-state index is -0.516. The van der Waals surface area contributed by atoms with Crippen LogP contribution in [0.3, 0.4) is 0 Å². The second-order valence-corrected chi connectivity index (χ2v) is 31.5. The Morgan fingerprint density at radius 2 is 0.929 bits per heavy atom. The predicted molar refractivity (Wildman–Crippen MR) is 461 cm³/mol. The van der Waals surface area contributed by atoms with Crippen LogP contribution in [0.25, 0.3) is 17.5 Å². The first-order valence-electron chi connectivity index (χ1n) is 34.2. The van der Waals surface area contributed by atoms with E-state index in [1.165, 1.54) is 52.4 Å². The fraction of sp³-hybridized carbons (Fsp3) is 0.215. The molecule has 0 aliphatic carbocycles. The molecule has 0 saturated carbocycles. The second kappa shape index (κ2) is 39.8. The first-order valence-corrected chi connectivity index (χ1v) is 39.8. The fourth-order valence-electron chi connectivity index (χ4n) is 11.1. The van der Waals surface area contributed by atoms with Gasteiger partial charge in [0.05, 0.1) is 71.3 Å². The molecule has 0 saturated heterocycles. The summed E-state index contributed by atoms with van der Waals surface area (Å²) in [6.45, 7) is 20.5. The van der Waals surface area contributed by atoms with Crippen LogP contribution >= 0.6 is 120 Å². The number of thioether (sulfide) groups is 1. The number of amides is 8. The van der Waals surface area contributed by atoms with E-state index >= 15 is 0 Å². The van der Waals surface area contributed by atoms with Crippen molar-refractivity contribution in [2.45, 2.75) is 87.7 Å². The number of rotatable bonds is 19. The molecule has 6 aromatic heterocycles. The molecule has 0 spiro atoms. The molecular formula is C79H77BrCl6IN17O8S. The zero-order valence-corrected chi connectivity index (χ0v) is 72.5. The summed E-state index contributed by atoms with van der Waals surface area (Å²) in [5.41, 5.74) is 8.93. The number of halogens is 8. The van der Waals surface area contributed by atoms with Crippen molar-refractivity contribution in [1.82, 2.24) is 65.6 Å². The Morgan fingerprint density at radius 1 is 0.469 bits per heavy atom. The Bertz CT molecular complexity index is 5310. The first-order chi connectivity index (χ1) is 53.4. The van der Waals surface area contributed by atoms with Gasteiger partial charge in [-0.3, -0.25) is 38.4 Å². The molecule has 8 N–H and O–H groups in total. The van der Waals surface area contributed by atoms with Crippen molar-refractivity contribution in [3.05, 3.63) is 268 Å². The van der Waals surface area contributed by atoms with Crippen LogP contribution in [0.4, 0.5) is 22.7 Å². The molecule has 0 bridgehead atoms. The van der Waals surface area contributed by atoms with Crippen LogP contribution in [-0.4, -0.2) is 129 Å². The van der Waals surface area contributed by atoms with Gasteiger partial charge < -0.3 is 42.5 Å². The van der Waals surface area contributed by atoms with E-state index in [9.17, 15) is 38.4 Å². The molecule has 25 nitrogen and oxygen atoms in total. The van der Waals surface area contributed by atoms with E-state index in [2.05, 4.69) is 111 Å². The molecule has 113 heavy (non-hydrogen) atoms. The van der Waals surface area contributed by atoms with Crippen LogP contribution in [0.5, 0.6) is 0 Å². The molecule has 11 aromatic rings. The van der Waals surface area contributed by atoms with E-state index in [1.54, 1.807) is 131 Å². The van der Waals surface area contributed by atoms with Gasteiger partial charge in [-0.1, -0.05) is 99.4 Å². The number of aryl methyl sites for hydroxylation is 7. The molecule has 0 fully saturated rings. The summed E-state index contributed by atoms with van der Waals surface area (Å²) in [5.74, 6) is -1.12.